The van der Waals surface area contributed by atoms with Gasteiger partial charge in [0.15, 0.2) is 0 Å². The van der Waals surface area contributed by atoms with Crippen LogP contribution in [-0.4, -0.2) is 41.8 Å². The molecule has 1 amide bonds. The van der Waals surface area contributed by atoms with E-state index in [0.717, 1.165) is 12.2 Å². The molecule has 6 nitrogen and oxygen atoms in total. The van der Waals surface area contributed by atoms with E-state index in [9.17, 15) is 4.79 Å². The summed E-state index contributed by atoms with van der Waals surface area (Å²) in [5, 5.41) is 5.99. The summed E-state index contributed by atoms with van der Waals surface area (Å²) in [7, 11) is 3.58. The van der Waals surface area contributed by atoms with Gasteiger partial charge in [-0.3, -0.25) is 10.1 Å². The molecule has 0 spiro atoms. The summed E-state index contributed by atoms with van der Waals surface area (Å²) in [6.07, 6.45) is 4.45. The van der Waals surface area contributed by atoms with Gasteiger partial charge in [-0.2, -0.15) is 0 Å². The number of nitrogens with one attached hydrogen (secondary N) is 2. The fraction of sp³-hybridized carbons (Fsp3) is 0.667. The summed E-state index contributed by atoms with van der Waals surface area (Å²) in [5.74, 6) is 0.911. The number of ether oxygens (including phenoxy) is 1. The summed E-state index contributed by atoms with van der Waals surface area (Å²) in [6, 6.07) is -0.232. The lowest BCUT2D eigenvalue weighted by molar-refractivity contribution is -0.122. The lowest BCUT2D eigenvalue weighted by Gasteiger charge is -2.13. The summed E-state index contributed by atoms with van der Waals surface area (Å²) < 4.78 is 6.84. The van der Waals surface area contributed by atoms with E-state index in [1.54, 1.807) is 13.3 Å². The zero-order chi connectivity index (χ0) is 13.4. The Hall–Kier alpha value is -1.40. The van der Waals surface area contributed by atoms with Gasteiger partial charge in [-0.05, 0) is 13.3 Å². The molecule has 1 heterocycles. The molecule has 1 atom stereocenters. The maximum Gasteiger partial charge on any atom is 0.236 e. The van der Waals surface area contributed by atoms with E-state index < -0.39 is 0 Å². The van der Waals surface area contributed by atoms with Gasteiger partial charge < -0.3 is 14.6 Å². The second-order valence-corrected chi connectivity index (χ2v) is 4.19. The zero-order valence-electron chi connectivity index (χ0n) is 11.3. The van der Waals surface area contributed by atoms with E-state index in [4.69, 9.17) is 4.74 Å². The minimum absolute atomic E-state index is 0.000289. The van der Waals surface area contributed by atoms with Crippen molar-refractivity contribution >= 4 is 5.91 Å². The molecule has 1 aromatic heterocycles. The Bertz CT molecular complexity index is 365. The number of imidazole rings is 1. The van der Waals surface area contributed by atoms with Gasteiger partial charge in [-0.15, -0.1) is 0 Å². The minimum atomic E-state index is -0.232. The molecule has 1 rings (SSSR count). The SMILES string of the molecule is COCCCNC(=O)C(C)NCc1nccn1C. The maximum atomic E-state index is 11.7. The van der Waals surface area contributed by atoms with Gasteiger partial charge in [0.2, 0.25) is 5.91 Å². The van der Waals surface area contributed by atoms with Crippen LogP contribution in [0.15, 0.2) is 12.4 Å². The zero-order valence-corrected chi connectivity index (χ0v) is 11.3. The van der Waals surface area contributed by atoms with E-state index in [0.29, 0.717) is 19.7 Å². The molecule has 0 aliphatic carbocycles. The first-order valence-corrected chi connectivity index (χ1v) is 6.11. The number of rotatable bonds is 8. The van der Waals surface area contributed by atoms with E-state index in [2.05, 4.69) is 15.6 Å². The average molecular weight is 254 g/mol. The predicted octanol–water partition coefficient (Wildman–Crippen LogP) is 0.0509. The van der Waals surface area contributed by atoms with Crippen LogP contribution in [0.5, 0.6) is 0 Å². The third-order valence-electron chi connectivity index (χ3n) is 2.71. The van der Waals surface area contributed by atoms with Crippen molar-refractivity contribution in [1.29, 1.82) is 0 Å². The van der Waals surface area contributed by atoms with Crippen LogP contribution < -0.4 is 10.6 Å². The first kappa shape index (κ1) is 14.7. The number of methoxy groups -OCH3 is 1. The van der Waals surface area contributed by atoms with E-state index in [1.165, 1.54) is 0 Å². The van der Waals surface area contributed by atoms with Crippen molar-refractivity contribution in [1.82, 2.24) is 20.2 Å². The Morgan fingerprint density at radius 2 is 2.39 bits per heavy atom. The lowest BCUT2D eigenvalue weighted by Crippen LogP contribution is -2.42. The highest BCUT2D eigenvalue weighted by molar-refractivity contribution is 5.81. The van der Waals surface area contributed by atoms with Gasteiger partial charge in [0.1, 0.15) is 5.82 Å². The summed E-state index contributed by atoms with van der Waals surface area (Å²) >= 11 is 0. The first-order valence-electron chi connectivity index (χ1n) is 6.11. The minimum Gasteiger partial charge on any atom is -0.385 e. The Labute approximate surface area is 108 Å². The number of aryl methyl sites for hydroxylation is 1. The van der Waals surface area contributed by atoms with Crippen molar-refractivity contribution in [2.75, 3.05) is 20.3 Å². The molecule has 0 saturated carbocycles. The highest BCUT2D eigenvalue weighted by Gasteiger charge is 2.12. The monoisotopic (exact) mass is 254 g/mol. The topological polar surface area (TPSA) is 68.2 Å². The number of nitrogens with zero attached hydrogens (tertiary/aromatic N) is 2. The average Bonchev–Trinajstić information content (AvgIpc) is 2.77. The Balaban J connectivity index is 2.21. The molecule has 0 bridgehead atoms. The van der Waals surface area contributed by atoms with E-state index in [1.807, 2.05) is 24.7 Å². The number of hydrogen-bond donors (Lipinski definition) is 2. The molecule has 0 fully saturated rings. The highest BCUT2D eigenvalue weighted by Crippen LogP contribution is 1.94. The number of hydrogen-bond acceptors (Lipinski definition) is 4. The van der Waals surface area contributed by atoms with Crippen molar-refractivity contribution < 1.29 is 9.53 Å². The molecule has 1 aromatic rings. The second-order valence-electron chi connectivity index (χ2n) is 4.19. The van der Waals surface area contributed by atoms with Gasteiger partial charge in [-0.1, -0.05) is 0 Å². The van der Waals surface area contributed by atoms with E-state index in [-0.39, 0.29) is 11.9 Å². The fourth-order valence-electron chi connectivity index (χ4n) is 1.49. The molecule has 102 valence electrons. The van der Waals surface area contributed by atoms with Gasteiger partial charge in [0, 0.05) is 39.7 Å². The Morgan fingerprint density at radius 1 is 1.61 bits per heavy atom. The van der Waals surface area contributed by atoms with Gasteiger partial charge in [0.05, 0.1) is 12.6 Å². The van der Waals surface area contributed by atoms with Gasteiger partial charge in [0.25, 0.3) is 0 Å². The largest absolute Gasteiger partial charge is 0.385 e. The molecule has 2 N–H and O–H groups in total. The molecular weight excluding hydrogens is 232 g/mol. The first-order chi connectivity index (χ1) is 8.65. The number of carbonyl (C=O) groups is 1. The van der Waals surface area contributed by atoms with Crippen LogP contribution >= 0.6 is 0 Å². The fourth-order valence-corrected chi connectivity index (χ4v) is 1.49. The standard InChI is InChI=1S/C12H22N4O2/c1-10(12(17)14-5-4-8-18-3)15-9-11-13-6-7-16(11)2/h6-7,10,15H,4-5,8-9H2,1-3H3,(H,14,17). The van der Waals surface area contributed by atoms with Crippen molar-refractivity contribution in [3.63, 3.8) is 0 Å². The summed E-state index contributed by atoms with van der Waals surface area (Å²) in [4.78, 5) is 15.9. The van der Waals surface area contributed by atoms with Gasteiger partial charge >= 0.3 is 0 Å². The predicted molar refractivity (Wildman–Crippen MR) is 69.0 cm³/mol. The molecular formula is C12H22N4O2. The van der Waals surface area contributed by atoms with Crippen LogP contribution in [0.25, 0.3) is 0 Å². The normalized spacial score (nSPS) is 12.4. The number of aromatic nitrogens is 2. The third-order valence-corrected chi connectivity index (χ3v) is 2.71. The quantitative estimate of drug-likeness (QED) is 0.643. The maximum absolute atomic E-state index is 11.7. The van der Waals surface area contributed by atoms with Crippen molar-refractivity contribution in [3.8, 4) is 0 Å². The van der Waals surface area contributed by atoms with Crippen LogP contribution in [0.1, 0.15) is 19.2 Å². The summed E-state index contributed by atoms with van der Waals surface area (Å²) in [6.45, 7) is 3.72. The van der Waals surface area contributed by atoms with Crippen molar-refractivity contribution in [2.45, 2.75) is 25.9 Å². The van der Waals surface area contributed by atoms with Crippen LogP contribution in [-0.2, 0) is 23.1 Å². The van der Waals surface area contributed by atoms with Gasteiger partial charge in [-0.25, -0.2) is 4.98 Å². The highest BCUT2D eigenvalue weighted by atomic mass is 16.5. The lowest BCUT2D eigenvalue weighted by atomic mass is 10.3. The van der Waals surface area contributed by atoms with Crippen LogP contribution in [0.2, 0.25) is 0 Å². The molecule has 1 unspecified atom stereocenters. The Kier molecular flexibility index (Phi) is 6.38. The Morgan fingerprint density at radius 3 is 3.00 bits per heavy atom. The molecule has 6 heteroatoms. The molecule has 0 aliphatic heterocycles. The molecule has 0 radical (unpaired) electrons. The number of amides is 1. The van der Waals surface area contributed by atoms with Crippen LogP contribution in [0.4, 0.5) is 0 Å². The van der Waals surface area contributed by atoms with E-state index >= 15 is 0 Å². The second kappa shape index (κ2) is 7.84. The van der Waals surface area contributed by atoms with Crippen molar-refractivity contribution in [3.05, 3.63) is 18.2 Å². The van der Waals surface area contributed by atoms with Crippen LogP contribution in [0.3, 0.4) is 0 Å². The van der Waals surface area contributed by atoms with Crippen LogP contribution in [0, 0.1) is 0 Å². The van der Waals surface area contributed by atoms with Crippen molar-refractivity contribution in [2.24, 2.45) is 7.05 Å². The smallest absolute Gasteiger partial charge is 0.236 e. The number of carbonyl (C=O) groups excluding carboxylic acids is 1. The molecule has 0 aliphatic rings. The molecule has 0 aromatic carbocycles. The summed E-state index contributed by atoms with van der Waals surface area (Å²) in [5.41, 5.74) is 0. The third kappa shape index (κ3) is 4.85. The molecule has 18 heavy (non-hydrogen) atoms. The molecule has 0 saturated heterocycles.